The maximum Gasteiger partial charge on any atom is 0.175 e. The van der Waals surface area contributed by atoms with Crippen LogP contribution in [0.1, 0.15) is 48.4 Å². The van der Waals surface area contributed by atoms with Gasteiger partial charge in [0.25, 0.3) is 0 Å². The van der Waals surface area contributed by atoms with Crippen molar-refractivity contribution in [1.82, 2.24) is 10.1 Å². The number of fused-ring (bicyclic) bond motifs is 1. The Bertz CT molecular complexity index is 1040. The summed E-state index contributed by atoms with van der Waals surface area (Å²) < 4.78 is 5.61. The highest BCUT2D eigenvalue weighted by Gasteiger charge is 2.32. The fraction of sp³-hybridized carbons (Fsp3) is 0.375. The lowest BCUT2D eigenvalue weighted by molar-refractivity contribution is 0.135. The second-order valence-corrected chi connectivity index (χ2v) is 8.80. The molecule has 1 aliphatic heterocycles. The van der Waals surface area contributed by atoms with Crippen LogP contribution >= 0.6 is 11.6 Å². The average Bonchev–Trinajstić information content (AvgIpc) is 3.20. The van der Waals surface area contributed by atoms with E-state index in [1.165, 1.54) is 43.4 Å². The SMILES string of the molecule is Oc1cc(O)c(-c2onc3c2CN(C2CCC(c4ccccc4)CC2)CC3)cc1Cl. The Morgan fingerprint density at radius 2 is 1.77 bits per heavy atom. The molecule has 6 heteroatoms. The lowest BCUT2D eigenvalue weighted by Crippen LogP contribution is -2.41. The van der Waals surface area contributed by atoms with Crippen LogP contribution in [-0.4, -0.2) is 32.9 Å². The number of benzene rings is 2. The van der Waals surface area contributed by atoms with Crippen LogP contribution in [0.4, 0.5) is 0 Å². The van der Waals surface area contributed by atoms with E-state index < -0.39 is 0 Å². The van der Waals surface area contributed by atoms with Crippen LogP contribution in [0.3, 0.4) is 0 Å². The molecular weight excluding hydrogens is 400 g/mol. The minimum absolute atomic E-state index is 0.0589. The van der Waals surface area contributed by atoms with E-state index in [-0.39, 0.29) is 16.5 Å². The summed E-state index contributed by atoms with van der Waals surface area (Å²) >= 11 is 6.07. The average molecular weight is 425 g/mol. The normalized spacial score (nSPS) is 22.0. The largest absolute Gasteiger partial charge is 0.507 e. The lowest BCUT2D eigenvalue weighted by atomic mass is 9.81. The number of rotatable bonds is 3. The van der Waals surface area contributed by atoms with E-state index in [4.69, 9.17) is 16.1 Å². The van der Waals surface area contributed by atoms with Crippen LogP contribution in [0.25, 0.3) is 11.3 Å². The fourth-order valence-electron chi connectivity index (χ4n) is 4.99. The van der Waals surface area contributed by atoms with Crippen molar-refractivity contribution in [2.75, 3.05) is 6.54 Å². The van der Waals surface area contributed by atoms with Crippen molar-refractivity contribution in [3.63, 3.8) is 0 Å². The van der Waals surface area contributed by atoms with E-state index in [2.05, 4.69) is 40.4 Å². The van der Waals surface area contributed by atoms with Crippen LogP contribution in [-0.2, 0) is 13.0 Å². The van der Waals surface area contributed by atoms with Gasteiger partial charge in [0.2, 0.25) is 0 Å². The first-order valence-corrected chi connectivity index (χ1v) is 11.0. The summed E-state index contributed by atoms with van der Waals surface area (Å²) in [5.74, 6) is 0.997. The summed E-state index contributed by atoms with van der Waals surface area (Å²) in [5, 5.41) is 24.5. The number of nitrogens with zero attached hydrogens (tertiary/aromatic N) is 2. The summed E-state index contributed by atoms with van der Waals surface area (Å²) in [6.45, 7) is 1.73. The van der Waals surface area contributed by atoms with Crippen LogP contribution in [0, 0.1) is 0 Å². The fourth-order valence-corrected chi connectivity index (χ4v) is 5.15. The number of phenols is 2. The molecule has 2 aliphatic rings. The quantitative estimate of drug-likeness (QED) is 0.581. The second-order valence-electron chi connectivity index (χ2n) is 8.39. The van der Waals surface area contributed by atoms with Crippen molar-refractivity contribution in [1.29, 1.82) is 0 Å². The van der Waals surface area contributed by atoms with E-state index in [1.54, 1.807) is 0 Å². The number of phenolic OH excluding ortho intramolecular Hbond substituents is 2. The molecule has 1 aliphatic carbocycles. The van der Waals surface area contributed by atoms with Gasteiger partial charge in [0.15, 0.2) is 5.76 Å². The smallest absolute Gasteiger partial charge is 0.175 e. The van der Waals surface area contributed by atoms with E-state index >= 15 is 0 Å². The Morgan fingerprint density at radius 1 is 1.00 bits per heavy atom. The molecule has 1 aromatic heterocycles. The molecule has 2 aromatic carbocycles. The minimum atomic E-state index is -0.150. The predicted octanol–water partition coefficient (Wildman–Crippen LogP) is 5.49. The molecule has 5 rings (SSSR count). The molecule has 0 spiro atoms. The molecule has 0 unspecified atom stereocenters. The summed E-state index contributed by atoms with van der Waals surface area (Å²) in [7, 11) is 0. The molecule has 2 N–H and O–H groups in total. The van der Waals surface area contributed by atoms with Crippen molar-refractivity contribution >= 4 is 11.6 Å². The molecule has 30 heavy (non-hydrogen) atoms. The molecule has 2 heterocycles. The third-order valence-corrected chi connectivity index (χ3v) is 6.96. The van der Waals surface area contributed by atoms with Gasteiger partial charge in [-0.2, -0.15) is 0 Å². The van der Waals surface area contributed by atoms with Crippen molar-refractivity contribution < 1.29 is 14.7 Å². The van der Waals surface area contributed by atoms with Crippen molar-refractivity contribution in [2.45, 2.75) is 50.6 Å². The minimum Gasteiger partial charge on any atom is -0.507 e. The molecule has 156 valence electrons. The highest BCUT2D eigenvalue weighted by atomic mass is 35.5. The molecule has 0 bridgehead atoms. The lowest BCUT2D eigenvalue weighted by Gasteiger charge is -2.38. The van der Waals surface area contributed by atoms with Gasteiger partial charge in [0, 0.05) is 37.2 Å². The van der Waals surface area contributed by atoms with E-state index in [1.807, 2.05) is 0 Å². The molecule has 5 nitrogen and oxygen atoms in total. The number of aromatic hydroxyl groups is 2. The summed E-state index contributed by atoms with van der Waals surface area (Å²) in [4.78, 5) is 2.53. The zero-order chi connectivity index (χ0) is 20.7. The standard InChI is InChI=1S/C24H25ClN2O3/c25-20-12-18(22(28)13-23(20)29)24-19-14-27(11-10-21(19)26-30-24)17-8-6-16(7-9-17)15-4-2-1-3-5-15/h1-5,12-13,16-17,28-29H,6-11,14H2. The molecule has 0 amide bonds. The monoisotopic (exact) mass is 424 g/mol. The van der Waals surface area contributed by atoms with Gasteiger partial charge in [0.05, 0.1) is 16.3 Å². The maximum absolute atomic E-state index is 10.3. The van der Waals surface area contributed by atoms with Crippen molar-refractivity contribution in [3.8, 4) is 22.8 Å². The van der Waals surface area contributed by atoms with Gasteiger partial charge in [-0.3, -0.25) is 4.90 Å². The summed E-state index contributed by atoms with van der Waals surface area (Å²) in [6, 6.07) is 14.2. The highest BCUT2D eigenvalue weighted by molar-refractivity contribution is 6.32. The van der Waals surface area contributed by atoms with Gasteiger partial charge in [-0.05, 0) is 43.2 Å². The van der Waals surface area contributed by atoms with Crippen LogP contribution in [0.2, 0.25) is 5.02 Å². The molecule has 0 atom stereocenters. The van der Waals surface area contributed by atoms with Crippen LogP contribution in [0.5, 0.6) is 11.5 Å². The third kappa shape index (κ3) is 3.57. The number of hydrogen-bond donors (Lipinski definition) is 2. The number of hydrogen-bond acceptors (Lipinski definition) is 5. The summed E-state index contributed by atoms with van der Waals surface area (Å²) in [5.41, 5.74) is 3.89. The Kier molecular flexibility index (Phi) is 5.17. The van der Waals surface area contributed by atoms with Crippen LogP contribution < -0.4 is 0 Å². The predicted molar refractivity (Wildman–Crippen MR) is 116 cm³/mol. The number of aromatic nitrogens is 1. The highest BCUT2D eigenvalue weighted by Crippen LogP contribution is 2.42. The Hall–Kier alpha value is -2.50. The first-order valence-electron chi connectivity index (χ1n) is 10.6. The second kappa shape index (κ2) is 7.97. The first-order chi connectivity index (χ1) is 14.6. The molecule has 0 saturated heterocycles. The molecule has 1 fully saturated rings. The zero-order valence-corrected chi connectivity index (χ0v) is 17.5. The van der Waals surface area contributed by atoms with Gasteiger partial charge in [-0.15, -0.1) is 0 Å². The van der Waals surface area contributed by atoms with Gasteiger partial charge in [-0.1, -0.05) is 47.1 Å². The Morgan fingerprint density at radius 3 is 2.53 bits per heavy atom. The third-order valence-electron chi connectivity index (χ3n) is 6.66. The Balaban J connectivity index is 1.33. The van der Waals surface area contributed by atoms with E-state index in [0.717, 1.165) is 30.8 Å². The van der Waals surface area contributed by atoms with Gasteiger partial charge in [-0.25, -0.2) is 0 Å². The first kappa shape index (κ1) is 19.5. The summed E-state index contributed by atoms with van der Waals surface area (Å²) in [6.07, 6.45) is 5.63. The van der Waals surface area contributed by atoms with Crippen LogP contribution in [0.15, 0.2) is 47.0 Å². The molecular formula is C24H25ClN2O3. The zero-order valence-electron chi connectivity index (χ0n) is 16.7. The van der Waals surface area contributed by atoms with E-state index in [0.29, 0.717) is 23.3 Å². The maximum atomic E-state index is 10.3. The topological polar surface area (TPSA) is 69.7 Å². The van der Waals surface area contributed by atoms with E-state index in [9.17, 15) is 10.2 Å². The van der Waals surface area contributed by atoms with Gasteiger partial charge < -0.3 is 14.7 Å². The molecule has 1 saturated carbocycles. The Labute approximate surface area is 180 Å². The van der Waals surface area contributed by atoms with Crippen molar-refractivity contribution in [2.24, 2.45) is 0 Å². The molecule has 3 aromatic rings. The number of halogens is 1. The molecule has 0 radical (unpaired) electrons. The van der Waals surface area contributed by atoms with Gasteiger partial charge >= 0.3 is 0 Å². The van der Waals surface area contributed by atoms with Crippen molar-refractivity contribution in [3.05, 3.63) is 64.3 Å². The van der Waals surface area contributed by atoms with Gasteiger partial charge in [0.1, 0.15) is 11.5 Å².